The molecule has 0 radical (unpaired) electrons. The van der Waals surface area contributed by atoms with Crippen LogP contribution < -0.4 is 10.0 Å². The van der Waals surface area contributed by atoms with Crippen molar-refractivity contribution in [3.8, 4) is 0 Å². The predicted octanol–water partition coefficient (Wildman–Crippen LogP) is 1.74. The molecule has 4 rings (SSSR count). The van der Waals surface area contributed by atoms with Crippen LogP contribution >= 0.6 is 12.4 Å². The van der Waals surface area contributed by atoms with Gasteiger partial charge >= 0.3 is 0 Å². The van der Waals surface area contributed by atoms with E-state index in [1.54, 1.807) is 10.9 Å². The summed E-state index contributed by atoms with van der Waals surface area (Å²) < 4.78 is 34.8. The molecular formula is C17H23ClN4O3S. The Morgan fingerprint density at radius 3 is 2.81 bits per heavy atom. The number of hydrogen-bond donors (Lipinski definition) is 2. The zero-order valence-corrected chi connectivity index (χ0v) is 16.0. The van der Waals surface area contributed by atoms with Crippen LogP contribution in [0.3, 0.4) is 0 Å². The SMILES string of the molecule is Cl.O=S(=O)(NCc1ccc2c(c1)CNC2)c1cnn(C2CCOCC2)c1. The van der Waals surface area contributed by atoms with E-state index in [2.05, 4.69) is 27.3 Å². The molecule has 2 aliphatic rings. The first-order valence-electron chi connectivity index (χ1n) is 8.55. The molecular weight excluding hydrogens is 376 g/mol. The molecule has 0 atom stereocenters. The third-order valence-corrected chi connectivity index (χ3v) is 6.18. The number of ether oxygens (including phenoxy) is 1. The van der Waals surface area contributed by atoms with Gasteiger partial charge in [-0.3, -0.25) is 4.68 Å². The Kier molecular flexibility index (Phi) is 5.99. The third-order valence-electron chi connectivity index (χ3n) is 4.82. The summed E-state index contributed by atoms with van der Waals surface area (Å²) >= 11 is 0. The van der Waals surface area contributed by atoms with Gasteiger partial charge in [-0.05, 0) is 29.5 Å². The number of rotatable bonds is 5. The van der Waals surface area contributed by atoms with E-state index >= 15 is 0 Å². The Morgan fingerprint density at radius 1 is 1.23 bits per heavy atom. The van der Waals surface area contributed by atoms with Gasteiger partial charge in [0.2, 0.25) is 10.0 Å². The van der Waals surface area contributed by atoms with E-state index in [1.165, 1.54) is 17.3 Å². The van der Waals surface area contributed by atoms with Crippen LogP contribution in [0.5, 0.6) is 0 Å². The van der Waals surface area contributed by atoms with Crippen molar-refractivity contribution in [2.45, 2.75) is 43.4 Å². The van der Waals surface area contributed by atoms with Gasteiger partial charge in [0.05, 0.1) is 12.2 Å². The zero-order valence-electron chi connectivity index (χ0n) is 14.3. The lowest BCUT2D eigenvalue weighted by atomic mass is 10.1. The molecule has 2 aliphatic heterocycles. The standard InChI is InChI=1S/C17H22N4O3S.ClH/c22-25(23,17-11-19-21(12-17)16-3-5-24-6-4-16)20-8-13-1-2-14-9-18-10-15(14)7-13;/h1-2,7,11-12,16,18,20H,3-6,8-10H2;1H. The van der Waals surface area contributed by atoms with Crippen LogP contribution in [0.15, 0.2) is 35.5 Å². The molecule has 1 saturated heterocycles. The van der Waals surface area contributed by atoms with Gasteiger partial charge in [-0.1, -0.05) is 18.2 Å². The summed E-state index contributed by atoms with van der Waals surface area (Å²) in [5, 5.41) is 7.53. The lowest BCUT2D eigenvalue weighted by Crippen LogP contribution is -2.23. The first-order chi connectivity index (χ1) is 12.1. The van der Waals surface area contributed by atoms with Crippen LogP contribution in [0.4, 0.5) is 0 Å². The molecule has 7 nitrogen and oxygen atoms in total. The first kappa shape index (κ1) is 19.3. The van der Waals surface area contributed by atoms with Crippen LogP contribution in [0.2, 0.25) is 0 Å². The number of halogens is 1. The van der Waals surface area contributed by atoms with Crippen molar-refractivity contribution >= 4 is 22.4 Å². The maximum atomic E-state index is 12.5. The molecule has 0 unspecified atom stereocenters. The molecule has 0 amide bonds. The molecule has 3 heterocycles. The number of fused-ring (bicyclic) bond motifs is 1. The Labute approximate surface area is 159 Å². The van der Waals surface area contributed by atoms with E-state index in [4.69, 9.17) is 4.74 Å². The topological polar surface area (TPSA) is 85.3 Å². The molecule has 26 heavy (non-hydrogen) atoms. The number of sulfonamides is 1. The Morgan fingerprint density at radius 2 is 2.00 bits per heavy atom. The average Bonchev–Trinajstić information content (AvgIpc) is 3.30. The Hall–Kier alpha value is -1.45. The minimum atomic E-state index is -3.57. The maximum absolute atomic E-state index is 12.5. The van der Waals surface area contributed by atoms with Crippen molar-refractivity contribution in [3.63, 3.8) is 0 Å². The van der Waals surface area contributed by atoms with Gasteiger partial charge in [-0.15, -0.1) is 12.4 Å². The van der Waals surface area contributed by atoms with Gasteiger partial charge in [-0.25, -0.2) is 13.1 Å². The summed E-state index contributed by atoms with van der Waals surface area (Å²) in [5.41, 5.74) is 3.48. The van der Waals surface area contributed by atoms with Crippen molar-refractivity contribution in [2.24, 2.45) is 0 Å². The number of benzene rings is 1. The summed E-state index contributed by atoms with van der Waals surface area (Å²) in [5.74, 6) is 0. The molecule has 0 saturated carbocycles. The van der Waals surface area contributed by atoms with E-state index in [0.29, 0.717) is 13.2 Å². The van der Waals surface area contributed by atoms with Crippen molar-refractivity contribution in [1.82, 2.24) is 19.8 Å². The molecule has 1 aromatic heterocycles. The fraction of sp³-hybridized carbons (Fsp3) is 0.471. The highest BCUT2D eigenvalue weighted by Crippen LogP contribution is 2.22. The van der Waals surface area contributed by atoms with E-state index in [9.17, 15) is 8.42 Å². The summed E-state index contributed by atoms with van der Waals surface area (Å²) in [6.07, 6.45) is 4.75. The lowest BCUT2D eigenvalue weighted by molar-refractivity contribution is 0.0662. The highest BCUT2D eigenvalue weighted by Gasteiger charge is 2.21. The van der Waals surface area contributed by atoms with Crippen molar-refractivity contribution in [3.05, 3.63) is 47.3 Å². The average molecular weight is 399 g/mol. The summed E-state index contributed by atoms with van der Waals surface area (Å²) in [6.45, 7) is 3.38. The second kappa shape index (κ2) is 8.06. The molecule has 0 spiro atoms. The molecule has 2 aromatic rings. The van der Waals surface area contributed by atoms with Crippen LogP contribution in [-0.2, 0) is 34.4 Å². The van der Waals surface area contributed by atoms with Gasteiger partial charge in [0.15, 0.2) is 0 Å². The molecule has 0 bridgehead atoms. The van der Waals surface area contributed by atoms with Gasteiger partial charge < -0.3 is 10.1 Å². The van der Waals surface area contributed by atoms with Gasteiger partial charge in [-0.2, -0.15) is 5.10 Å². The van der Waals surface area contributed by atoms with E-state index in [-0.39, 0.29) is 29.9 Å². The van der Waals surface area contributed by atoms with Crippen molar-refractivity contribution in [1.29, 1.82) is 0 Å². The van der Waals surface area contributed by atoms with Gasteiger partial charge in [0.1, 0.15) is 4.90 Å². The van der Waals surface area contributed by atoms with E-state index < -0.39 is 10.0 Å². The maximum Gasteiger partial charge on any atom is 0.243 e. The fourth-order valence-corrected chi connectivity index (χ4v) is 4.28. The number of hydrogen-bond acceptors (Lipinski definition) is 5. The van der Waals surface area contributed by atoms with Crippen LogP contribution in [-0.4, -0.2) is 31.4 Å². The summed E-state index contributed by atoms with van der Waals surface area (Å²) in [7, 11) is -3.57. The van der Waals surface area contributed by atoms with Crippen LogP contribution in [0.1, 0.15) is 35.6 Å². The largest absolute Gasteiger partial charge is 0.381 e. The van der Waals surface area contributed by atoms with Gasteiger partial charge in [0, 0.05) is 39.0 Å². The molecule has 2 N–H and O–H groups in total. The van der Waals surface area contributed by atoms with Crippen molar-refractivity contribution < 1.29 is 13.2 Å². The summed E-state index contributed by atoms with van der Waals surface area (Å²) in [4.78, 5) is 0.210. The third kappa shape index (κ3) is 4.10. The van der Waals surface area contributed by atoms with E-state index in [0.717, 1.165) is 31.5 Å². The van der Waals surface area contributed by atoms with E-state index in [1.807, 2.05) is 6.07 Å². The molecule has 0 aliphatic carbocycles. The van der Waals surface area contributed by atoms with Crippen LogP contribution in [0, 0.1) is 0 Å². The van der Waals surface area contributed by atoms with Crippen LogP contribution in [0.25, 0.3) is 0 Å². The highest BCUT2D eigenvalue weighted by molar-refractivity contribution is 7.89. The number of aromatic nitrogens is 2. The quantitative estimate of drug-likeness (QED) is 0.801. The first-order valence-corrected chi connectivity index (χ1v) is 10.0. The lowest BCUT2D eigenvalue weighted by Gasteiger charge is -2.22. The predicted molar refractivity (Wildman–Crippen MR) is 99.6 cm³/mol. The Balaban J connectivity index is 0.00000196. The number of nitrogens with zero attached hydrogens (tertiary/aromatic N) is 2. The van der Waals surface area contributed by atoms with Gasteiger partial charge in [0.25, 0.3) is 0 Å². The smallest absolute Gasteiger partial charge is 0.243 e. The molecule has 142 valence electrons. The Bertz CT molecular complexity index is 863. The second-order valence-electron chi connectivity index (χ2n) is 6.53. The highest BCUT2D eigenvalue weighted by atomic mass is 35.5. The minimum absolute atomic E-state index is 0. The molecule has 1 aromatic carbocycles. The second-order valence-corrected chi connectivity index (χ2v) is 8.30. The molecule has 1 fully saturated rings. The fourth-order valence-electron chi connectivity index (χ4n) is 3.33. The van der Waals surface area contributed by atoms with Crippen molar-refractivity contribution in [2.75, 3.05) is 13.2 Å². The summed E-state index contributed by atoms with van der Waals surface area (Å²) in [6, 6.07) is 6.30. The molecule has 9 heteroatoms. The monoisotopic (exact) mass is 398 g/mol. The normalized spacial score (nSPS) is 17.7. The minimum Gasteiger partial charge on any atom is -0.381 e. The number of nitrogens with one attached hydrogen (secondary N) is 2. The zero-order chi connectivity index (χ0) is 17.3.